The summed E-state index contributed by atoms with van der Waals surface area (Å²) in [6.45, 7) is 0. The van der Waals surface area contributed by atoms with E-state index in [2.05, 4.69) is 5.32 Å². The van der Waals surface area contributed by atoms with Crippen molar-refractivity contribution in [3.05, 3.63) is 64.2 Å². The molecule has 0 atom stereocenters. The normalized spacial score (nSPS) is 9.05. The molecule has 0 amide bonds. The van der Waals surface area contributed by atoms with Crippen molar-refractivity contribution < 1.29 is 10.0 Å². The molecule has 0 aliphatic heterocycles. The number of benzene rings is 2. The summed E-state index contributed by atoms with van der Waals surface area (Å²) in [5.74, 6) is -0.129. The van der Waals surface area contributed by atoms with Crippen LogP contribution in [0.1, 0.15) is 5.56 Å². The van der Waals surface area contributed by atoms with Gasteiger partial charge >= 0.3 is 0 Å². The monoisotopic (exact) mass is 273 g/mol. The van der Waals surface area contributed by atoms with E-state index in [1.165, 1.54) is 12.1 Å². The van der Waals surface area contributed by atoms with E-state index in [1.54, 1.807) is 0 Å². The van der Waals surface area contributed by atoms with E-state index in [0.29, 0.717) is 0 Å². The topological polar surface area (TPSA) is 99.2 Å². The summed E-state index contributed by atoms with van der Waals surface area (Å²) in [6, 6.07) is 13.6. The number of non-ortho nitro benzene ring substituents is 1. The van der Waals surface area contributed by atoms with Crippen LogP contribution < -0.4 is 5.32 Å². The van der Waals surface area contributed by atoms with Gasteiger partial charge in [0.15, 0.2) is 0 Å². The van der Waals surface area contributed by atoms with Crippen LogP contribution in [0.4, 0.5) is 11.4 Å². The van der Waals surface area contributed by atoms with Crippen LogP contribution in [0.25, 0.3) is 0 Å². The summed E-state index contributed by atoms with van der Waals surface area (Å²) in [4.78, 5) is 9.65. The van der Waals surface area contributed by atoms with Gasteiger partial charge in [0, 0.05) is 36.6 Å². The van der Waals surface area contributed by atoms with E-state index < -0.39 is 4.92 Å². The molecule has 104 valence electrons. The van der Waals surface area contributed by atoms with Crippen molar-refractivity contribution in [1.29, 1.82) is 5.41 Å². The number of para-hydroxylation sites is 1. The van der Waals surface area contributed by atoms with Crippen LogP contribution >= 0.6 is 0 Å². The molecule has 0 aliphatic rings. The SMILES string of the molecule is CNc1ccccc1.N=Cc1cc([N+](=O)[O-])ccc1O. The molecular formula is C14H15N3O3. The summed E-state index contributed by atoms with van der Waals surface area (Å²) in [5.41, 5.74) is 1.17. The minimum absolute atomic E-state index is 0.129. The van der Waals surface area contributed by atoms with Gasteiger partial charge in [0.2, 0.25) is 0 Å². The number of nitrogens with one attached hydrogen (secondary N) is 2. The Labute approximate surface area is 116 Å². The molecule has 0 saturated carbocycles. The van der Waals surface area contributed by atoms with Gasteiger partial charge in [-0.3, -0.25) is 10.1 Å². The molecule has 6 heteroatoms. The molecular weight excluding hydrogens is 258 g/mol. The average Bonchev–Trinajstić information content (AvgIpc) is 2.49. The van der Waals surface area contributed by atoms with Gasteiger partial charge in [-0.2, -0.15) is 0 Å². The van der Waals surface area contributed by atoms with Crippen LogP contribution in [0.5, 0.6) is 5.75 Å². The number of nitro benzene ring substituents is 1. The van der Waals surface area contributed by atoms with Crippen molar-refractivity contribution >= 4 is 17.6 Å². The minimum Gasteiger partial charge on any atom is -0.507 e. The van der Waals surface area contributed by atoms with E-state index in [0.717, 1.165) is 18.0 Å². The highest BCUT2D eigenvalue weighted by Crippen LogP contribution is 2.20. The van der Waals surface area contributed by atoms with Gasteiger partial charge in [-0.1, -0.05) is 18.2 Å². The fourth-order valence-corrected chi connectivity index (χ4v) is 1.38. The number of phenols is 1. The van der Waals surface area contributed by atoms with Gasteiger partial charge in [0.25, 0.3) is 5.69 Å². The van der Waals surface area contributed by atoms with Crippen LogP contribution in [0.2, 0.25) is 0 Å². The van der Waals surface area contributed by atoms with E-state index in [4.69, 9.17) is 10.5 Å². The first kappa shape index (κ1) is 15.2. The van der Waals surface area contributed by atoms with Crippen LogP contribution in [0, 0.1) is 15.5 Å². The second-order valence-corrected chi connectivity index (χ2v) is 3.76. The van der Waals surface area contributed by atoms with Crippen LogP contribution in [0.15, 0.2) is 48.5 Å². The summed E-state index contributed by atoms with van der Waals surface area (Å²) in [5, 5.41) is 29.1. The quantitative estimate of drug-likeness (QED) is 0.454. The fourth-order valence-electron chi connectivity index (χ4n) is 1.38. The van der Waals surface area contributed by atoms with Crippen molar-refractivity contribution in [1.82, 2.24) is 0 Å². The van der Waals surface area contributed by atoms with Gasteiger partial charge in [-0.25, -0.2) is 0 Å². The third-order valence-electron chi connectivity index (χ3n) is 2.44. The zero-order valence-corrected chi connectivity index (χ0v) is 10.9. The van der Waals surface area contributed by atoms with Crippen molar-refractivity contribution in [3.63, 3.8) is 0 Å². The molecule has 2 aromatic rings. The molecule has 6 nitrogen and oxygen atoms in total. The smallest absolute Gasteiger partial charge is 0.270 e. The predicted octanol–water partition coefficient (Wildman–Crippen LogP) is 3.03. The Morgan fingerprint density at radius 3 is 2.35 bits per heavy atom. The first-order valence-electron chi connectivity index (χ1n) is 5.79. The van der Waals surface area contributed by atoms with Crippen molar-refractivity contribution in [2.75, 3.05) is 12.4 Å². The zero-order chi connectivity index (χ0) is 15.0. The number of nitrogens with zero attached hydrogens (tertiary/aromatic N) is 1. The van der Waals surface area contributed by atoms with Crippen LogP contribution in [-0.2, 0) is 0 Å². The number of nitro groups is 1. The highest BCUT2D eigenvalue weighted by Gasteiger charge is 2.07. The molecule has 0 heterocycles. The Bertz CT molecular complexity index is 585. The minimum atomic E-state index is -0.577. The Kier molecular flexibility index (Phi) is 5.71. The van der Waals surface area contributed by atoms with Crippen LogP contribution in [0.3, 0.4) is 0 Å². The Morgan fingerprint density at radius 2 is 1.90 bits per heavy atom. The summed E-state index contributed by atoms with van der Waals surface area (Å²) in [7, 11) is 1.91. The van der Waals surface area contributed by atoms with E-state index >= 15 is 0 Å². The van der Waals surface area contributed by atoms with E-state index in [-0.39, 0.29) is 17.0 Å². The maximum atomic E-state index is 10.2. The number of rotatable bonds is 3. The fraction of sp³-hybridized carbons (Fsp3) is 0.0714. The number of phenolic OH excluding ortho intramolecular Hbond substituents is 1. The van der Waals surface area contributed by atoms with E-state index in [1.807, 2.05) is 37.4 Å². The summed E-state index contributed by atoms with van der Waals surface area (Å²) in [6.07, 6.45) is 0.863. The largest absolute Gasteiger partial charge is 0.507 e. The molecule has 20 heavy (non-hydrogen) atoms. The average molecular weight is 273 g/mol. The standard InChI is InChI=1S/C7H6N2O3.C7H9N/c8-4-5-3-6(9(11)12)1-2-7(5)10;1-8-7-5-3-2-4-6-7/h1-4,8,10H;2-6,8H,1H3. The molecule has 0 aromatic heterocycles. The van der Waals surface area contributed by atoms with Gasteiger partial charge in [-0.05, 0) is 18.2 Å². The van der Waals surface area contributed by atoms with Crippen molar-refractivity contribution in [2.45, 2.75) is 0 Å². The predicted molar refractivity (Wildman–Crippen MR) is 78.6 cm³/mol. The number of aromatic hydroxyl groups is 1. The number of hydrogen-bond acceptors (Lipinski definition) is 5. The molecule has 2 aromatic carbocycles. The third-order valence-corrected chi connectivity index (χ3v) is 2.44. The highest BCUT2D eigenvalue weighted by atomic mass is 16.6. The summed E-state index contributed by atoms with van der Waals surface area (Å²) >= 11 is 0. The second-order valence-electron chi connectivity index (χ2n) is 3.76. The maximum absolute atomic E-state index is 10.2. The lowest BCUT2D eigenvalue weighted by atomic mass is 10.2. The van der Waals surface area contributed by atoms with Gasteiger partial charge in [-0.15, -0.1) is 0 Å². The van der Waals surface area contributed by atoms with E-state index in [9.17, 15) is 10.1 Å². The lowest BCUT2D eigenvalue weighted by molar-refractivity contribution is -0.384. The highest BCUT2D eigenvalue weighted by molar-refractivity contribution is 5.82. The lowest BCUT2D eigenvalue weighted by Gasteiger charge is -1.96. The van der Waals surface area contributed by atoms with Crippen molar-refractivity contribution in [3.8, 4) is 5.75 Å². The summed E-state index contributed by atoms with van der Waals surface area (Å²) < 4.78 is 0. The molecule has 0 fully saturated rings. The molecule has 0 spiro atoms. The maximum Gasteiger partial charge on any atom is 0.270 e. The zero-order valence-electron chi connectivity index (χ0n) is 10.9. The molecule has 0 unspecified atom stereocenters. The first-order valence-corrected chi connectivity index (χ1v) is 5.79. The molecule has 3 N–H and O–H groups in total. The molecule has 0 radical (unpaired) electrons. The number of anilines is 1. The Hall–Kier alpha value is -2.89. The second kappa shape index (κ2) is 7.52. The third kappa shape index (κ3) is 4.41. The molecule has 0 aliphatic carbocycles. The Morgan fingerprint density at radius 1 is 1.25 bits per heavy atom. The van der Waals surface area contributed by atoms with Gasteiger partial charge < -0.3 is 15.8 Å². The number of hydrogen-bond donors (Lipinski definition) is 3. The molecule has 2 rings (SSSR count). The Balaban J connectivity index is 0.000000217. The van der Waals surface area contributed by atoms with Crippen molar-refractivity contribution in [2.24, 2.45) is 0 Å². The lowest BCUT2D eigenvalue weighted by Crippen LogP contribution is -1.89. The molecule has 0 saturated heterocycles. The molecule has 0 bridgehead atoms. The van der Waals surface area contributed by atoms with Gasteiger partial charge in [0.05, 0.1) is 4.92 Å². The van der Waals surface area contributed by atoms with Crippen LogP contribution in [-0.4, -0.2) is 23.3 Å². The first-order chi connectivity index (χ1) is 9.58. The van der Waals surface area contributed by atoms with Gasteiger partial charge in [0.1, 0.15) is 5.75 Å².